The van der Waals surface area contributed by atoms with Crippen molar-refractivity contribution in [2.24, 2.45) is 11.8 Å². The van der Waals surface area contributed by atoms with E-state index in [1.807, 2.05) is 44.2 Å². The van der Waals surface area contributed by atoms with Gasteiger partial charge in [0.1, 0.15) is 5.78 Å². The molecule has 1 rings (SSSR count). The molecule has 0 spiro atoms. The molecular formula is C17H24O2. The molecular weight excluding hydrogens is 236 g/mol. The third-order valence-electron chi connectivity index (χ3n) is 3.49. The highest BCUT2D eigenvalue weighted by Gasteiger charge is 2.12. The third-order valence-corrected chi connectivity index (χ3v) is 3.49. The monoisotopic (exact) mass is 260 g/mol. The van der Waals surface area contributed by atoms with E-state index in [1.54, 1.807) is 0 Å². The first kappa shape index (κ1) is 15.6. The molecule has 0 aromatic heterocycles. The number of hydrogen-bond donors (Lipinski definition) is 0. The summed E-state index contributed by atoms with van der Waals surface area (Å²) in [5.41, 5.74) is 0.785. The molecule has 0 unspecified atom stereocenters. The molecule has 2 heteroatoms. The van der Waals surface area contributed by atoms with Crippen LogP contribution in [-0.4, -0.2) is 11.6 Å². The molecule has 0 aliphatic carbocycles. The topological polar surface area (TPSA) is 34.1 Å². The Morgan fingerprint density at radius 2 is 1.53 bits per heavy atom. The number of carbonyl (C=O) groups excluding carboxylic acids is 2. The van der Waals surface area contributed by atoms with E-state index in [-0.39, 0.29) is 11.7 Å². The lowest BCUT2D eigenvalue weighted by molar-refractivity contribution is -0.122. The van der Waals surface area contributed by atoms with Crippen LogP contribution in [0.4, 0.5) is 0 Å². The van der Waals surface area contributed by atoms with Gasteiger partial charge in [0.05, 0.1) is 0 Å². The van der Waals surface area contributed by atoms with Gasteiger partial charge in [-0.15, -0.1) is 0 Å². The summed E-state index contributed by atoms with van der Waals surface area (Å²) in [4.78, 5) is 23.5. The summed E-state index contributed by atoms with van der Waals surface area (Å²) in [6, 6.07) is 9.40. The molecule has 0 fully saturated rings. The van der Waals surface area contributed by atoms with Gasteiger partial charge < -0.3 is 0 Å². The predicted octanol–water partition coefficient (Wildman–Crippen LogP) is 4.29. The minimum absolute atomic E-state index is 0.123. The van der Waals surface area contributed by atoms with E-state index >= 15 is 0 Å². The number of rotatable bonds is 8. The second kappa shape index (κ2) is 7.88. The molecule has 1 aromatic rings. The van der Waals surface area contributed by atoms with Gasteiger partial charge in [-0.2, -0.15) is 0 Å². The summed E-state index contributed by atoms with van der Waals surface area (Å²) < 4.78 is 0. The average Bonchev–Trinajstić information content (AvgIpc) is 2.42. The molecule has 0 saturated carbocycles. The highest BCUT2D eigenvalue weighted by Crippen LogP contribution is 2.16. The second-order valence-electron chi connectivity index (χ2n) is 5.59. The molecule has 1 atom stereocenters. The molecule has 2 nitrogen and oxygen atoms in total. The van der Waals surface area contributed by atoms with Crippen molar-refractivity contribution in [3.8, 4) is 0 Å². The number of hydrogen-bond acceptors (Lipinski definition) is 2. The Morgan fingerprint density at radius 1 is 0.947 bits per heavy atom. The van der Waals surface area contributed by atoms with Gasteiger partial charge in [0.25, 0.3) is 0 Å². The molecule has 0 N–H and O–H groups in total. The highest BCUT2D eigenvalue weighted by atomic mass is 16.1. The van der Waals surface area contributed by atoms with Gasteiger partial charge in [0.15, 0.2) is 5.78 Å². The third kappa shape index (κ3) is 5.82. The lowest BCUT2D eigenvalue weighted by Crippen LogP contribution is -2.09. The maximum absolute atomic E-state index is 11.9. The fraction of sp³-hybridized carbons (Fsp3) is 0.529. The summed E-state index contributed by atoms with van der Waals surface area (Å²) in [5, 5.41) is 0. The predicted molar refractivity (Wildman–Crippen MR) is 78.2 cm³/mol. The zero-order valence-corrected chi connectivity index (χ0v) is 12.2. The maximum atomic E-state index is 11.9. The van der Waals surface area contributed by atoms with Crippen LogP contribution >= 0.6 is 0 Å². The van der Waals surface area contributed by atoms with Gasteiger partial charge in [-0.25, -0.2) is 0 Å². The van der Waals surface area contributed by atoms with Crippen LogP contribution in [0, 0.1) is 11.8 Å². The minimum atomic E-state index is 0.123. The van der Waals surface area contributed by atoms with Gasteiger partial charge in [-0.3, -0.25) is 9.59 Å². The van der Waals surface area contributed by atoms with Crippen LogP contribution in [0.2, 0.25) is 0 Å². The lowest BCUT2D eigenvalue weighted by Gasteiger charge is -2.11. The van der Waals surface area contributed by atoms with Crippen molar-refractivity contribution in [2.75, 3.05) is 0 Å². The van der Waals surface area contributed by atoms with Crippen molar-refractivity contribution in [1.82, 2.24) is 0 Å². The molecule has 104 valence electrons. The number of carbonyl (C=O) groups is 2. The van der Waals surface area contributed by atoms with E-state index in [9.17, 15) is 9.59 Å². The number of ketones is 2. The van der Waals surface area contributed by atoms with Crippen molar-refractivity contribution in [3.05, 3.63) is 35.9 Å². The zero-order valence-electron chi connectivity index (χ0n) is 12.2. The van der Waals surface area contributed by atoms with E-state index in [0.717, 1.165) is 18.4 Å². The first-order valence-electron chi connectivity index (χ1n) is 7.11. The standard InChI is InChI=1S/C17H24O2/c1-13(2)16(18)11-9-14(3)10-12-17(19)15-7-5-4-6-8-15/h4-8,13-14H,9-12H2,1-3H3/t14-/m1/s1. The van der Waals surface area contributed by atoms with E-state index in [2.05, 4.69) is 6.92 Å². The molecule has 0 heterocycles. The normalized spacial score (nSPS) is 12.4. The van der Waals surface area contributed by atoms with Crippen LogP contribution in [0.5, 0.6) is 0 Å². The highest BCUT2D eigenvalue weighted by molar-refractivity contribution is 5.95. The minimum Gasteiger partial charge on any atom is -0.299 e. The molecule has 0 aliphatic rings. The maximum Gasteiger partial charge on any atom is 0.162 e. The quantitative estimate of drug-likeness (QED) is 0.653. The molecule has 0 aliphatic heterocycles. The van der Waals surface area contributed by atoms with Gasteiger partial charge in [-0.1, -0.05) is 51.1 Å². The Bertz CT molecular complexity index is 407. The molecule has 0 radical (unpaired) electrons. The van der Waals surface area contributed by atoms with Crippen molar-refractivity contribution in [1.29, 1.82) is 0 Å². The van der Waals surface area contributed by atoms with Gasteiger partial charge in [0, 0.05) is 24.3 Å². The van der Waals surface area contributed by atoms with Crippen molar-refractivity contribution < 1.29 is 9.59 Å². The van der Waals surface area contributed by atoms with E-state index in [1.165, 1.54) is 0 Å². The van der Waals surface area contributed by atoms with Crippen molar-refractivity contribution in [3.63, 3.8) is 0 Å². The van der Waals surface area contributed by atoms with E-state index in [0.29, 0.717) is 24.5 Å². The lowest BCUT2D eigenvalue weighted by atomic mass is 9.93. The second-order valence-corrected chi connectivity index (χ2v) is 5.59. The van der Waals surface area contributed by atoms with Crippen LogP contribution in [0.15, 0.2) is 30.3 Å². The molecule has 0 bridgehead atoms. The fourth-order valence-electron chi connectivity index (χ4n) is 1.97. The summed E-state index contributed by atoms with van der Waals surface area (Å²) >= 11 is 0. The van der Waals surface area contributed by atoms with Crippen LogP contribution in [0.1, 0.15) is 56.8 Å². The van der Waals surface area contributed by atoms with Crippen molar-refractivity contribution in [2.45, 2.75) is 46.5 Å². The summed E-state index contributed by atoms with van der Waals surface area (Å²) in [6.07, 6.45) is 2.96. The number of Topliss-reactive ketones (excluding diaryl/α,β-unsaturated/α-hetero) is 2. The van der Waals surface area contributed by atoms with Crippen LogP contribution in [0.25, 0.3) is 0 Å². The zero-order chi connectivity index (χ0) is 14.3. The van der Waals surface area contributed by atoms with Crippen LogP contribution in [0.3, 0.4) is 0 Å². The largest absolute Gasteiger partial charge is 0.299 e. The summed E-state index contributed by atoms with van der Waals surface area (Å²) in [6.45, 7) is 5.99. The van der Waals surface area contributed by atoms with E-state index < -0.39 is 0 Å². The molecule has 19 heavy (non-hydrogen) atoms. The van der Waals surface area contributed by atoms with Gasteiger partial charge in [-0.05, 0) is 18.8 Å². The van der Waals surface area contributed by atoms with Crippen LogP contribution < -0.4 is 0 Å². The Kier molecular flexibility index (Phi) is 6.48. The van der Waals surface area contributed by atoms with Gasteiger partial charge >= 0.3 is 0 Å². The van der Waals surface area contributed by atoms with Crippen LogP contribution in [-0.2, 0) is 4.79 Å². The first-order valence-corrected chi connectivity index (χ1v) is 7.11. The first-order chi connectivity index (χ1) is 9.00. The number of benzene rings is 1. The van der Waals surface area contributed by atoms with Crippen molar-refractivity contribution >= 4 is 11.6 Å². The van der Waals surface area contributed by atoms with E-state index in [4.69, 9.17) is 0 Å². The fourth-order valence-corrected chi connectivity index (χ4v) is 1.97. The summed E-state index contributed by atoms with van der Waals surface area (Å²) in [7, 11) is 0. The Morgan fingerprint density at radius 3 is 2.11 bits per heavy atom. The SMILES string of the molecule is CC(C)C(=O)CC[C@@H](C)CCC(=O)c1ccccc1. The average molecular weight is 260 g/mol. The molecule has 1 aromatic carbocycles. The molecule has 0 amide bonds. The smallest absolute Gasteiger partial charge is 0.162 e. The Labute approximate surface area is 116 Å². The summed E-state index contributed by atoms with van der Waals surface area (Å²) in [5.74, 6) is 1.07. The Hall–Kier alpha value is -1.44. The Balaban J connectivity index is 2.29. The van der Waals surface area contributed by atoms with Gasteiger partial charge in [0.2, 0.25) is 0 Å². The molecule has 0 saturated heterocycles.